The van der Waals surface area contributed by atoms with Crippen LogP contribution in [-0.4, -0.2) is 66.7 Å². The molecule has 3 heterocycles. The lowest BCUT2D eigenvalue weighted by molar-refractivity contribution is -0.142. The average Bonchev–Trinajstić information content (AvgIpc) is 2.95. The normalized spacial score (nSPS) is 38.0. The number of carboxylic acid groups (broad SMARTS) is 1. The second-order valence-corrected chi connectivity index (χ2v) is 8.79. The Morgan fingerprint density at radius 1 is 1.29 bits per heavy atom. The van der Waals surface area contributed by atoms with Crippen molar-refractivity contribution in [2.24, 2.45) is 11.8 Å². The first-order valence-electron chi connectivity index (χ1n) is 7.80. The molecule has 3 aliphatic heterocycles. The molecule has 0 aromatic rings. The van der Waals surface area contributed by atoms with Gasteiger partial charge >= 0.3 is 5.97 Å². The molecule has 21 heavy (non-hydrogen) atoms. The number of hydrogen-bond acceptors (Lipinski definition) is 4. The van der Waals surface area contributed by atoms with Crippen molar-refractivity contribution in [3.8, 4) is 0 Å². The Labute approximate surface area is 126 Å². The van der Waals surface area contributed by atoms with Gasteiger partial charge in [0.05, 0.1) is 12.2 Å². The maximum Gasteiger partial charge on any atom is 0.308 e. The number of piperidine rings is 1. The van der Waals surface area contributed by atoms with Gasteiger partial charge in [0, 0.05) is 31.7 Å². The lowest BCUT2D eigenvalue weighted by Gasteiger charge is -2.34. The maximum atomic E-state index is 11.7. The molecule has 0 radical (unpaired) electrons. The average molecular weight is 316 g/mol. The van der Waals surface area contributed by atoms with E-state index in [-0.39, 0.29) is 12.0 Å². The molecule has 0 aliphatic carbocycles. The number of nitrogens with zero attached hydrogens (tertiary/aromatic N) is 2. The van der Waals surface area contributed by atoms with Crippen LogP contribution in [0.2, 0.25) is 0 Å². The zero-order chi connectivity index (χ0) is 15.2. The van der Waals surface area contributed by atoms with Gasteiger partial charge in [-0.3, -0.25) is 9.69 Å². The molecule has 0 aromatic heterocycles. The van der Waals surface area contributed by atoms with E-state index in [2.05, 4.69) is 4.90 Å². The lowest BCUT2D eigenvalue weighted by Crippen LogP contribution is -2.44. The molecule has 4 atom stereocenters. The number of carboxylic acids is 1. The van der Waals surface area contributed by atoms with E-state index < -0.39 is 16.0 Å². The minimum atomic E-state index is -3.11. The molecule has 0 spiro atoms. The number of hydrogen-bond donors (Lipinski definition) is 1. The van der Waals surface area contributed by atoms with Crippen LogP contribution < -0.4 is 0 Å². The summed E-state index contributed by atoms with van der Waals surface area (Å²) in [6, 6.07) is 0.561. The molecule has 3 saturated heterocycles. The number of rotatable bonds is 4. The molecule has 3 fully saturated rings. The van der Waals surface area contributed by atoms with Crippen LogP contribution in [0.3, 0.4) is 0 Å². The van der Waals surface area contributed by atoms with Gasteiger partial charge < -0.3 is 5.11 Å². The van der Waals surface area contributed by atoms with E-state index in [9.17, 15) is 18.3 Å². The summed E-state index contributed by atoms with van der Waals surface area (Å²) in [7, 11) is -3.11. The highest BCUT2D eigenvalue weighted by molar-refractivity contribution is 7.88. The monoisotopic (exact) mass is 316 g/mol. The fraction of sp³-hybridized carbons (Fsp3) is 0.929. The maximum absolute atomic E-state index is 11.7. The molecule has 0 amide bonds. The summed E-state index contributed by atoms with van der Waals surface area (Å²) in [5.41, 5.74) is 0. The fourth-order valence-corrected chi connectivity index (χ4v) is 5.37. The minimum Gasteiger partial charge on any atom is -0.481 e. The standard InChI is InChI=1S/C14H24N2O4S/c1-21(19,20)15-6-2-3-10(8-15)9-16-11-4-5-13(16)12(7-11)14(17)18/h10-13H,2-9H2,1H3,(H,17,18). The van der Waals surface area contributed by atoms with Crippen molar-refractivity contribution >= 4 is 16.0 Å². The Bertz CT molecular complexity index is 521. The summed E-state index contributed by atoms with van der Waals surface area (Å²) in [5, 5.41) is 9.29. The summed E-state index contributed by atoms with van der Waals surface area (Å²) in [4.78, 5) is 13.7. The Kier molecular flexibility index (Phi) is 4.00. The van der Waals surface area contributed by atoms with Gasteiger partial charge in [0.2, 0.25) is 10.0 Å². The Balaban J connectivity index is 1.63. The van der Waals surface area contributed by atoms with Gasteiger partial charge in [0.1, 0.15) is 0 Å². The molecule has 120 valence electrons. The van der Waals surface area contributed by atoms with Crippen LogP contribution in [0.25, 0.3) is 0 Å². The fourth-order valence-electron chi connectivity index (χ4n) is 4.43. The van der Waals surface area contributed by atoms with Crippen LogP contribution >= 0.6 is 0 Å². The second kappa shape index (κ2) is 5.52. The smallest absolute Gasteiger partial charge is 0.308 e. The minimum absolute atomic E-state index is 0.168. The first-order valence-corrected chi connectivity index (χ1v) is 9.65. The molecular weight excluding hydrogens is 292 g/mol. The quantitative estimate of drug-likeness (QED) is 0.821. The van der Waals surface area contributed by atoms with Crippen LogP contribution in [0.4, 0.5) is 0 Å². The predicted octanol–water partition coefficient (Wildman–Crippen LogP) is 0.596. The van der Waals surface area contributed by atoms with Gasteiger partial charge in [-0.1, -0.05) is 0 Å². The third kappa shape index (κ3) is 2.96. The molecule has 7 heteroatoms. The van der Waals surface area contributed by atoms with E-state index in [1.54, 1.807) is 4.31 Å². The van der Waals surface area contributed by atoms with Gasteiger partial charge in [-0.05, 0) is 38.0 Å². The molecule has 0 aromatic carbocycles. The Hall–Kier alpha value is -0.660. The number of fused-ring (bicyclic) bond motifs is 2. The summed E-state index contributed by atoms with van der Waals surface area (Å²) in [6.45, 7) is 2.07. The van der Waals surface area contributed by atoms with Crippen molar-refractivity contribution in [2.75, 3.05) is 25.9 Å². The topological polar surface area (TPSA) is 77.9 Å². The highest BCUT2D eigenvalue weighted by atomic mass is 32.2. The second-order valence-electron chi connectivity index (χ2n) is 6.81. The molecule has 6 nitrogen and oxygen atoms in total. The van der Waals surface area contributed by atoms with E-state index in [0.717, 1.165) is 38.6 Å². The molecule has 2 bridgehead atoms. The molecule has 1 N–H and O–H groups in total. The highest BCUT2D eigenvalue weighted by Gasteiger charge is 2.49. The van der Waals surface area contributed by atoms with Crippen molar-refractivity contribution in [1.82, 2.24) is 9.21 Å². The van der Waals surface area contributed by atoms with Crippen LogP contribution in [0.15, 0.2) is 0 Å². The summed E-state index contributed by atoms with van der Waals surface area (Å²) in [6.07, 6.45) is 6.06. The zero-order valence-electron chi connectivity index (χ0n) is 12.4. The van der Waals surface area contributed by atoms with E-state index in [4.69, 9.17) is 0 Å². The molecule has 3 aliphatic rings. The van der Waals surface area contributed by atoms with Gasteiger partial charge in [-0.25, -0.2) is 12.7 Å². The Morgan fingerprint density at radius 3 is 2.67 bits per heavy atom. The third-order valence-electron chi connectivity index (χ3n) is 5.42. The Morgan fingerprint density at radius 2 is 2.05 bits per heavy atom. The van der Waals surface area contributed by atoms with Crippen LogP contribution in [0, 0.1) is 11.8 Å². The SMILES string of the molecule is CS(=O)(=O)N1CCCC(CN2C3CCC2C(C(=O)O)C3)C1. The molecule has 0 saturated carbocycles. The van der Waals surface area contributed by atoms with Gasteiger partial charge in [-0.15, -0.1) is 0 Å². The van der Waals surface area contributed by atoms with E-state index in [1.165, 1.54) is 6.26 Å². The number of aliphatic carboxylic acids is 1. The summed E-state index contributed by atoms with van der Waals surface area (Å²) >= 11 is 0. The van der Waals surface area contributed by atoms with Crippen molar-refractivity contribution in [1.29, 1.82) is 0 Å². The van der Waals surface area contributed by atoms with Crippen molar-refractivity contribution in [3.05, 3.63) is 0 Å². The largest absolute Gasteiger partial charge is 0.481 e. The van der Waals surface area contributed by atoms with Crippen molar-refractivity contribution < 1.29 is 18.3 Å². The molecular formula is C14H24N2O4S. The van der Waals surface area contributed by atoms with Gasteiger partial charge in [0.15, 0.2) is 0 Å². The predicted molar refractivity (Wildman–Crippen MR) is 78.4 cm³/mol. The van der Waals surface area contributed by atoms with E-state index in [0.29, 0.717) is 25.0 Å². The van der Waals surface area contributed by atoms with Gasteiger partial charge in [-0.2, -0.15) is 0 Å². The first kappa shape index (κ1) is 15.2. The van der Waals surface area contributed by atoms with Crippen LogP contribution in [0.5, 0.6) is 0 Å². The zero-order valence-corrected chi connectivity index (χ0v) is 13.3. The van der Waals surface area contributed by atoms with E-state index in [1.807, 2.05) is 0 Å². The number of carbonyl (C=O) groups is 1. The first-order chi connectivity index (χ1) is 9.86. The molecule has 3 rings (SSSR count). The summed E-state index contributed by atoms with van der Waals surface area (Å²) in [5.74, 6) is -0.559. The highest BCUT2D eigenvalue weighted by Crippen LogP contribution is 2.42. The number of sulfonamides is 1. The molecule has 4 unspecified atom stereocenters. The third-order valence-corrected chi connectivity index (χ3v) is 6.69. The van der Waals surface area contributed by atoms with Crippen LogP contribution in [-0.2, 0) is 14.8 Å². The van der Waals surface area contributed by atoms with Crippen molar-refractivity contribution in [3.63, 3.8) is 0 Å². The summed E-state index contributed by atoms with van der Waals surface area (Å²) < 4.78 is 24.9. The lowest BCUT2D eigenvalue weighted by atomic mass is 9.89. The van der Waals surface area contributed by atoms with Gasteiger partial charge in [0.25, 0.3) is 0 Å². The van der Waals surface area contributed by atoms with E-state index >= 15 is 0 Å². The van der Waals surface area contributed by atoms with Crippen LogP contribution in [0.1, 0.15) is 32.1 Å². The van der Waals surface area contributed by atoms with Crippen molar-refractivity contribution in [2.45, 2.75) is 44.2 Å².